The zero-order valence-corrected chi connectivity index (χ0v) is 13.5. The molecule has 3 aromatic rings. The molecule has 6 heteroatoms. The first-order chi connectivity index (χ1) is 11.2. The summed E-state index contributed by atoms with van der Waals surface area (Å²) in [5.41, 5.74) is 10.7. The molecule has 0 fully saturated rings. The molecule has 2 N–H and O–H groups in total. The van der Waals surface area contributed by atoms with Gasteiger partial charge in [-0.15, -0.1) is 6.58 Å². The van der Waals surface area contributed by atoms with Gasteiger partial charge >= 0.3 is 0 Å². The molecule has 0 amide bonds. The molecule has 0 saturated carbocycles. The lowest BCUT2D eigenvalue weighted by Crippen LogP contribution is -2.01. The Hall–Kier alpha value is -2.91. The van der Waals surface area contributed by atoms with E-state index in [0.29, 0.717) is 12.1 Å². The van der Waals surface area contributed by atoms with E-state index >= 15 is 0 Å². The lowest BCUT2D eigenvalue weighted by molar-refractivity contribution is 0.680. The predicted octanol–water partition coefficient (Wildman–Crippen LogP) is 3.62. The summed E-state index contributed by atoms with van der Waals surface area (Å²) in [6.07, 6.45) is 3.54. The third-order valence-electron chi connectivity index (χ3n) is 3.67. The number of hydrogen-bond donors (Lipinski definition) is 1. The molecule has 0 aliphatic rings. The van der Waals surface area contributed by atoms with Crippen molar-refractivity contribution in [2.45, 2.75) is 13.5 Å². The number of pyridine rings is 1. The normalized spacial score (nSPS) is 10.4. The van der Waals surface area contributed by atoms with Crippen LogP contribution >= 0.6 is 11.3 Å². The Bertz CT molecular complexity index is 900. The van der Waals surface area contributed by atoms with Crippen LogP contribution in [0.1, 0.15) is 11.3 Å². The number of thiophene rings is 1. The van der Waals surface area contributed by atoms with Crippen molar-refractivity contribution in [2.75, 3.05) is 5.73 Å². The second-order valence-corrected chi connectivity index (χ2v) is 5.83. The number of anilines is 1. The van der Waals surface area contributed by atoms with Crippen LogP contribution in [0.4, 0.5) is 5.82 Å². The second-order valence-electron chi connectivity index (χ2n) is 5.05. The Labute approximate surface area is 138 Å². The molecular formula is C17H15N5S. The fraction of sp³-hybridized carbons (Fsp3) is 0.118. The van der Waals surface area contributed by atoms with Gasteiger partial charge < -0.3 is 5.73 Å². The van der Waals surface area contributed by atoms with Gasteiger partial charge in [0.25, 0.3) is 0 Å². The first-order valence-electron chi connectivity index (χ1n) is 7.02. The summed E-state index contributed by atoms with van der Waals surface area (Å²) >= 11 is 1.59. The zero-order valence-electron chi connectivity index (χ0n) is 12.7. The van der Waals surface area contributed by atoms with Crippen molar-refractivity contribution >= 4 is 17.2 Å². The minimum atomic E-state index is 0.238. The fourth-order valence-electron chi connectivity index (χ4n) is 2.47. The standard InChI is InChI=1S/C17H15N5S/c1-3-5-22-11(2)15(9-20-22)13-7-16(12-4-6-23-10-12)21-17(19)14(13)8-18/h3-4,6-7,9-10H,1,5H2,2H3,(H2,19,21). The van der Waals surface area contributed by atoms with Crippen LogP contribution in [0.2, 0.25) is 0 Å². The Kier molecular flexibility index (Phi) is 3.96. The van der Waals surface area contributed by atoms with Crippen LogP contribution in [-0.2, 0) is 6.54 Å². The highest BCUT2D eigenvalue weighted by atomic mass is 32.1. The summed E-state index contributed by atoms with van der Waals surface area (Å²) < 4.78 is 1.84. The van der Waals surface area contributed by atoms with Crippen molar-refractivity contribution < 1.29 is 0 Å². The number of nitrogen functional groups attached to an aromatic ring is 1. The number of allylic oxidation sites excluding steroid dienone is 1. The topological polar surface area (TPSA) is 80.5 Å². The first-order valence-corrected chi connectivity index (χ1v) is 7.96. The molecule has 23 heavy (non-hydrogen) atoms. The van der Waals surface area contributed by atoms with Crippen LogP contribution < -0.4 is 5.73 Å². The predicted molar refractivity (Wildman–Crippen MR) is 92.8 cm³/mol. The Morgan fingerprint density at radius 3 is 2.96 bits per heavy atom. The molecule has 3 aromatic heterocycles. The van der Waals surface area contributed by atoms with E-state index in [4.69, 9.17) is 5.73 Å². The molecule has 0 unspecified atom stereocenters. The van der Waals surface area contributed by atoms with Crippen LogP contribution in [0.3, 0.4) is 0 Å². The second kappa shape index (κ2) is 6.07. The largest absolute Gasteiger partial charge is 0.383 e. The molecule has 0 aliphatic carbocycles. The van der Waals surface area contributed by atoms with Crippen LogP contribution in [0.5, 0.6) is 0 Å². The third-order valence-corrected chi connectivity index (χ3v) is 4.35. The van der Waals surface area contributed by atoms with E-state index in [2.05, 4.69) is 22.7 Å². The highest BCUT2D eigenvalue weighted by molar-refractivity contribution is 7.08. The van der Waals surface area contributed by atoms with Crippen molar-refractivity contribution in [3.63, 3.8) is 0 Å². The van der Waals surface area contributed by atoms with Gasteiger partial charge in [0.2, 0.25) is 0 Å². The van der Waals surface area contributed by atoms with E-state index in [1.54, 1.807) is 23.6 Å². The Morgan fingerprint density at radius 2 is 2.30 bits per heavy atom. The Balaban J connectivity index is 2.22. The summed E-state index contributed by atoms with van der Waals surface area (Å²) in [5.74, 6) is 0.238. The molecule has 5 nitrogen and oxygen atoms in total. The number of rotatable bonds is 4. The van der Waals surface area contributed by atoms with Gasteiger partial charge in [-0.1, -0.05) is 6.08 Å². The van der Waals surface area contributed by atoms with Gasteiger partial charge in [0.05, 0.1) is 18.4 Å². The van der Waals surface area contributed by atoms with E-state index in [1.807, 2.05) is 34.5 Å². The first kappa shape index (κ1) is 15.0. The molecule has 0 bridgehead atoms. The molecule has 0 spiro atoms. The lowest BCUT2D eigenvalue weighted by Gasteiger charge is -2.09. The van der Waals surface area contributed by atoms with Gasteiger partial charge in [0.15, 0.2) is 0 Å². The quantitative estimate of drug-likeness (QED) is 0.744. The van der Waals surface area contributed by atoms with Crippen molar-refractivity contribution in [1.82, 2.24) is 14.8 Å². The van der Waals surface area contributed by atoms with Crippen LogP contribution in [-0.4, -0.2) is 14.8 Å². The zero-order chi connectivity index (χ0) is 16.4. The maximum absolute atomic E-state index is 9.47. The van der Waals surface area contributed by atoms with Gasteiger partial charge in [-0.2, -0.15) is 21.7 Å². The number of aromatic nitrogens is 3. The Morgan fingerprint density at radius 1 is 1.48 bits per heavy atom. The molecule has 0 saturated heterocycles. The highest BCUT2D eigenvalue weighted by Crippen LogP contribution is 2.33. The molecule has 114 valence electrons. The van der Waals surface area contributed by atoms with E-state index < -0.39 is 0 Å². The minimum Gasteiger partial charge on any atom is -0.383 e. The van der Waals surface area contributed by atoms with Crippen LogP contribution in [0.25, 0.3) is 22.4 Å². The van der Waals surface area contributed by atoms with Crippen LogP contribution in [0.15, 0.2) is 41.7 Å². The fourth-order valence-corrected chi connectivity index (χ4v) is 3.12. The van der Waals surface area contributed by atoms with Gasteiger partial charge in [-0.25, -0.2) is 4.98 Å². The van der Waals surface area contributed by atoms with Crippen molar-refractivity contribution in [1.29, 1.82) is 5.26 Å². The number of nitrogens with zero attached hydrogens (tertiary/aromatic N) is 4. The summed E-state index contributed by atoms with van der Waals surface area (Å²) in [6, 6.07) is 6.05. The van der Waals surface area contributed by atoms with E-state index in [9.17, 15) is 5.26 Å². The molecule has 0 atom stereocenters. The maximum atomic E-state index is 9.47. The van der Waals surface area contributed by atoms with Crippen molar-refractivity contribution in [3.05, 3.63) is 53.0 Å². The highest BCUT2D eigenvalue weighted by Gasteiger charge is 2.17. The maximum Gasteiger partial charge on any atom is 0.142 e. The van der Waals surface area contributed by atoms with E-state index in [-0.39, 0.29) is 5.82 Å². The summed E-state index contributed by atoms with van der Waals surface area (Å²) in [6.45, 7) is 6.32. The van der Waals surface area contributed by atoms with Crippen LogP contribution in [0, 0.1) is 18.3 Å². The molecule has 3 rings (SSSR count). The van der Waals surface area contributed by atoms with Gasteiger partial charge in [-0.3, -0.25) is 4.68 Å². The summed E-state index contributed by atoms with van der Waals surface area (Å²) in [7, 11) is 0. The molecule has 0 aliphatic heterocycles. The molecule has 0 radical (unpaired) electrons. The van der Waals surface area contributed by atoms with E-state index in [1.165, 1.54) is 0 Å². The van der Waals surface area contributed by atoms with Crippen molar-refractivity contribution in [3.8, 4) is 28.5 Å². The number of hydrogen-bond acceptors (Lipinski definition) is 5. The smallest absolute Gasteiger partial charge is 0.142 e. The van der Waals surface area contributed by atoms with Gasteiger partial charge in [-0.05, 0) is 24.4 Å². The van der Waals surface area contributed by atoms with E-state index in [0.717, 1.165) is 28.1 Å². The minimum absolute atomic E-state index is 0.238. The van der Waals surface area contributed by atoms with Gasteiger partial charge in [0, 0.05) is 27.8 Å². The third kappa shape index (κ3) is 2.62. The molecule has 3 heterocycles. The lowest BCUT2D eigenvalue weighted by atomic mass is 10.00. The monoisotopic (exact) mass is 321 g/mol. The molecule has 0 aromatic carbocycles. The number of nitrogens with two attached hydrogens (primary N) is 1. The molecular weight excluding hydrogens is 306 g/mol. The average Bonchev–Trinajstić information content (AvgIpc) is 3.18. The van der Waals surface area contributed by atoms with Gasteiger partial charge in [0.1, 0.15) is 17.5 Å². The summed E-state index contributed by atoms with van der Waals surface area (Å²) in [5, 5.41) is 17.8. The SMILES string of the molecule is C=CCn1ncc(-c2cc(-c3ccsc3)nc(N)c2C#N)c1C. The number of nitriles is 1. The average molecular weight is 321 g/mol. The summed E-state index contributed by atoms with van der Waals surface area (Å²) in [4.78, 5) is 4.36. The van der Waals surface area contributed by atoms with Crippen molar-refractivity contribution in [2.24, 2.45) is 0 Å².